The molecule has 1 heterocycles. The minimum atomic E-state index is -3.96. The molecular formula is C25H35N3O4S. The molecule has 180 valence electrons. The third-order valence-corrected chi connectivity index (χ3v) is 8.19. The molecule has 1 unspecified atom stereocenters. The van der Waals surface area contributed by atoms with Crippen molar-refractivity contribution in [3.8, 4) is 0 Å². The van der Waals surface area contributed by atoms with E-state index in [1.165, 1.54) is 12.8 Å². The van der Waals surface area contributed by atoms with Gasteiger partial charge in [0, 0.05) is 6.04 Å². The number of likely N-dealkylation sites (tertiary alicyclic amines) is 1. The number of ether oxygens (including phenoxy) is 1. The number of hydrogen-bond acceptors (Lipinski definition) is 5. The summed E-state index contributed by atoms with van der Waals surface area (Å²) in [5.41, 5.74) is 0.973. The highest BCUT2D eigenvalue weighted by Crippen LogP contribution is 2.36. The predicted octanol–water partition coefficient (Wildman–Crippen LogP) is 4.64. The normalized spacial score (nSPS) is 25.3. The topological polar surface area (TPSA) is 88.4 Å². The molecule has 1 atom stereocenters. The summed E-state index contributed by atoms with van der Waals surface area (Å²) in [6.07, 6.45) is 10.7. The van der Waals surface area contributed by atoms with E-state index < -0.39 is 21.9 Å². The zero-order valence-corrected chi connectivity index (χ0v) is 20.5. The van der Waals surface area contributed by atoms with Crippen LogP contribution in [0, 0.1) is 12.8 Å². The molecule has 0 amide bonds. The van der Waals surface area contributed by atoms with Crippen LogP contribution in [0.4, 0.5) is 0 Å². The second kappa shape index (κ2) is 10.4. The molecular weight excluding hydrogens is 438 g/mol. The number of hydrogen-bond donors (Lipinski definition) is 0. The first-order chi connectivity index (χ1) is 15.9. The maximum Gasteiger partial charge on any atom is 0.324 e. The largest absolute Gasteiger partial charge is 0.465 e. The summed E-state index contributed by atoms with van der Waals surface area (Å²) in [4.78, 5) is 20.1. The third-order valence-electron chi connectivity index (χ3n) is 6.89. The molecule has 1 aromatic carbocycles. The summed E-state index contributed by atoms with van der Waals surface area (Å²) in [6.45, 7) is 3.89. The molecule has 4 rings (SSSR count). The molecule has 3 aliphatic rings. The number of aliphatic imine (C=N–C) groups is 1. The van der Waals surface area contributed by atoms with Gasteiger partial charge in [0.25, 0.3) is 10.0 Å². The average Bonchev–Trinajstić information content (AvgIpc) is 2.80. The van der Waals surface area contributed by atoms with Gasteiger partial charge in [-0.25, -0.2) is 0 Å². The van der Waals surface area contributed by atoms with Crippen LogP contribution >= 0.6 is 0 Å². The van der Waals surface area contributed by atoms with E-state index in [1.54, 1.807) is 31.2 Å². The second-order valence-corrected chi connectivity index (χ2v) is 11.0. The Morgan fingerprint density at radius 3 is 2.18 bits per heavy atom. The van der Waals surface area contributed by atoms with Crippen LogP contribution in [0.3, 0.4) is 0 Å². The van der Waals surface area contributed by atoms with E-state index in [0.29, 0.717) is 5.84 Å². The Morgan fingerprint density at radius 2 is 1.58 bits per heavy atom. The molecule has 0 bridgehead atoms. The molecule has 2 saturated carbocycles. The fourth-order valence-corrected chi connectivity index (χ4v) is 6.14. The SMILES string of the molecule is CCOC(=O)C1C(=NC2CCCCC2)N(C2CCCCC2)/C1=N\S(=O)(=O)c1ccc(C)cc1. The van der Waals surface area contributed by atoms with E-state index in [2.05, 4.69) is 4.40 Å². The van der Waals surface area contributed by atoms with Gasteiger partial charge in [0.1, 0.15) is 11.7 Å². The van der Waals surface area contributed by atoms with Gasteiger partial charge in [0.15, 0.2) is 5.92 Å². The van der Waals surface area contributed by atoms with Crippen LogP contribution in [0.2, 0.25) is 0 Å². The Bertz CT molecular complexity index is 1000. The second-order valence-electron chi connectivity index (χ2n) is 9.36. The maximum atomic E-state index is 13.2. The predicted molar refractivity (Wildman–Crippen MR) is 129 cm³/mol. The number of esters is 1. The Balaban J connectivity index is 1.75. The lowest BCUT2D eigenvalue weighted by atomic mass is 9.86. The van der Waals surface area contributed by atoms with Crippen molar-refractivity contribution in [2.75, 3.05) is 6.61 Å². The lowest BCUT2D eigenvalue weighted by Crippen LogP contribution is -2.65. The van der Waals surface area contributed by atoms with Gasteiger partial charge < -0.3 is 9.64 Å². The van der Waals surface area contributed by atoms with Crippen molar-refractivity contribution >= 4 is 27.7 Å². The van der Waals surface area contributed by atoms with Crippen molar-refractivity contribution < 1.29 is 17.9 Å². The first-order valence-electron chi connectivity index (χ1n) is 12.4. The van der Waals surface area contributed by atoms with Gasteiger partial charge in [-0.05, 0) is 51.7 Å². The molecule has 1 aliphatic heterocycles. The quantitative estimate of drug-likeness (QED) is 0.562. The highest BCUT2D eigenvalue weighted by atomic mass is 32.2. The van der Waals surface area contributed by atoms with Crippen LogP contribution < -0.4 is 0 Å². The minimum absolute atomic E-state index is 0.124. The highest BCUT2D eigenvalue weighted by molar-refractivity contribution is 7.90. The van der Waals surface area contributed by atoms with Crippen molar-refractivity contribution in [3.63, 3.8) is 0 Å². The number of rotatable bonds is 6. The number of aryl methyl sites for hydroxylation is 1. The van der Waals surface area contributed by atoms with E-state index in [1.807, 2.05) is 11.8 Å². The first kappa shape index (κ1) is 23.9. The maximum absolute atomic E-state index is 13.2. The van der Waals surface area contributed by atoms with E-state index in [9.17, 15) is 13.2 Å². The van der Waals surface area contributed by atoms with Crippen LogP contribution in [0.25, 0.3) is 0 Å². The zero-order valence-electron chi connectivity index (χ0n) is 19.7. The van der Waals surface area contributed by atoms with E-state index in [0.717, 1.165) is 56.9 Å². The average molecular weight is 474 g/mol. The van der Waals surface area contributed by atoms with Crippen molar-refractivity contribution in [3.05, 3.63) is 29.8 Å². The van der Waals surface area contributed by atoms with Crippen molar-refractivity contribution in [2.24, 2.45) is 15.3 Å². The summed E-state index contributed by atoms with van der Waals surface area (Å²) in [5.74, 6) is -0.369. The van der Waals surface area contributed by atoms with Gasteiger partial charge in [0.2, 0.25) is 0 Å². The molecule has 0 aromatic heterocycles. The number of carbonyl (C=O) groups excluding carboxylic acids is 1. The first-order valence-corrected chi connectivity index (χ1v) is 13.8. The summed E-state index contributed by atoms with van der Waals surface area (Å²) >= 11 is 0. The molecule has 0 spiro atoms. The van der Waals surface area contributed by atoms with Crippen LogP contribution in [0.5, 0.6) is 0 Å². The van der Waals surface area contributed by atoms with Crippen LogP contribution in [0.15, 0.2) is 38.6 Å². The van der Waals surface area contributed by atoms with Gasteiger partial charge in [-0.15, -0.1) is 4.40 Å². The fraction of sp³-hybridized carbons (Fsp3) is 0.640. The van der Waals surface area contributed by atoms with Gasteiger partial charge in [0.05, 0.1) is 17.5 Å². The van der Waals surface area contributed by atoms with Gasteiger partial charge >= 0.3 is 5.97 Å². The van der Waals surface area contributed by atoms with Gasteiger partial charge in [-0.3, -0.25) is 9.79 Å². The smallest absolute Gasteiger partial charge is 0.324 e. The summed E-state index contributed by atoms with van der Waals surface area (Å²) in [7, 11) is -3.96. The molecule has 0 radical (unpaired) electrons. The molecule has 1 aromatic rings. The monoisotopic (exact) mass is 473 g/mol. The van der Waals surface area contributed by atoms with E-state index in [-0.39, 0.29) is 29.4 Å². The van der Waals surface area contributed by atoms with Gasteiger partial charge in [-0.1, -0.05) is 56.2 Å². The Labute approximate surface area is 197 Å². The van der Waals surface area contributed by atoms with E-state index >= 15 is 0 Å². The zero-order chi connectivity index (χ0) is 23.4. The Kier molecular flexibility index (Phi) is 7.51. The van der Waals surface area contributed by atoms with Crippen LogP contribution in [-0.4, -0.2) is 49.6 Å². The Hall–Kier alpha value is -2.22. The van der Waals surface area contributed by atoms with Crippen molar-refractivity contribution in [1.82, 2.24) is 4.90 Å². The third kappa shape index (κ3) is 5.31. The molecule has 33 heavy (non-hydrogen) atoms. The number of nitrogens with zero attached hydrogens (tertiary/aromatic N) is 3. The molecule has 0 N–H and O–H groups in total. The van der Waals surface area contributed by atoms with Crippen LogP contribution in [-0.2, 0) is 19.6 Å². The number of amidine groups is 2. The molecule has 3 fully saturated rings. The molecule has 2 aliphatic carbocycles. The number of carbonyl (C=O) groups is 1. The fourth-order valence-electron chi connectivity index (χ4n) is 5.11. The van der Waals surface area contributed by atoms with E-state index in [4.69, 9.17) is 9.73 Å². The standard InChI is InChI=1S/C25H35N3O4S/c1-3-32-25(29)22-23(26-19-10-6-4-7-11-19)28(20-12-8-5-9-13-20)24(22)27-33(30,31)21-16-14-18(2)15-17-21/h14-17,19-20,22H,3-13H2,1-2H3/b26-23?,27-24-. The Morgan fingerprint density at radius 1 is 0.970 bits per heavy atom. The highest BCUT2D eigenvalue weighted by Gasteiger charge is 2.52. The minimum Gasteiger partial charge on any atom is -0.465 e. The molecule has 1 saturated heterocycles. The summed E-state index contributed by atoms with van der Waals surface area (Å²) in [6, 6.07) is 6.94. The van der Waals surface area contributed by atoms with Crippen molar-refractivity contribution in [1.29, 1.82) is 0 Å². The molecule has 7 nitrogen and oxygen atoms in total. The molecule has 8 heteroatoms. The summed E-state index contributed by atoms with van der Waals surface area (Å²) in [5, 5.41) is 0. The lowest BCUT2D eigenvalue weighted by molar-refractivity contribution is -0.144. The van der Waals surface area contributed by atoms with Crippen molar-refractivity contribution in [2.45, 2.75) is 95.0 Å². The lowest BCUT2D eigenvalue weighted by Gasteiger charge is -2.48. The summed E-state index contributed by atoms with van der Waals surface area (Å²) < 4.78 is 36.0. The number of benzene rings is 1. The van der Waals surface area contributed by atoms with Gasteiger partial charge in [-0.2, -0.15) is 8.42 Å². The van der Waals surface area contributed by atoms with Crippen LogP contribution in [0.1, 0.15) is 76.7 Å². The number of sulfonamides is 1.